The van der Waals surface area contributed by atoms with Gasteiger partial charge in [0.05, 0.1) is 13.2 Å². The zero-order valence-corrected chi connectivity index (χ0v) is 10.0. The van der Waals surface area contributed by atoms with E-state index < -0.39 is 0 Å². The Morgan fingerprint density at radius 3 is 1.44 bits per heavy atom. The highest BCUT2D eigenvalue weighted by atomic mass is 16.5. The van der Waals surface area contributed by atoms with Gasteiger partial charge in [0.25, 0.3) is 0 Å². The molecule has 0 fully saturated rings. The number of unbranched alkanes of at least 4 members (excludes halogenated alkanes) is 3. The molecule has 2 heteroatoms. The van der Waals surface area contributed by atoms with Crippen LogP contribution in [0.15, 0.2) is 50.0 Å². The second-order valence-electron chi connectivity index (χ2n) is 3.45. The lowest BCUT2D eigenvalue weighted by Crippen LogP contribution is -1.95. The van der Waals surface area contributed by atoms with Gasteiger partial charge in [0, 0.05) is 0 Å². The molecule has 0 amide bonds. The Labute approximate surface area is 99.0 Å². The minimum absolute atomic E-state index is 0.644. The van der Waals surface area contributed by atoms with E-state index in [4.69, 9.17) is 9.47 Å². The number of rotatable bonds is 11. The first-order valence-corrected chi connectivity index (χ1v) is 5.59. The van der Waals surface area contributed by atoms with Crippen LogP contribution in [0.3, 0.4) is 0 Å². The average Bonchev–Trinajstić information content (AvgIpc) is 2.31. The van der Waals surface area contributed by atoms with Gasteiger partial charge in [-0.25, -0.2) is 0 Å². The Morgan fingerprint density at radius 2 is 1.12 bits per heavy atom. The molecule has 0 aromatic carbocycles. The second-order valence-corrected chi connectivity index (χ2v) is 3.45. The molecule has 0 spiro atoms. The Kier molecular flexibility index (Phi) is 9.18. The van der Waals surface area contributed by atoms with Crippen molar-refractivity contribution in [2.24, 2.45) is 0 Å². The van der Waals surface area contributed by atoms with Gasteiger partial charge in [-0.15, -0.1) is 0 Å². The summed E-state index contributed by atoms with van der Waals surface area (Å²) in [4.78, 5) is 0. The predicted molar refractivity (Wildman–Crippen MR) is 69.0 cm³/mol. The molecule has 0 aliphatic carbocycles. The summed E-state index contributed by atoms with van der Waals surface area (Å²) in [7, 11) is 0. The Hall–Kier alpha value is -1.44. The minimum Gasteiger partial charge on any atom is -0.494 e. The van der Waals surface area contributed by atoms with Crippen LogP contribution in [-0.4, -0.2) is 13.2 Å². The summed E-state index contributed by atoms with van der Waals surface area (Å²) < 4.78 is 10.6. The third kappa shape index (κ3) is 9.13. The fraction of sp³-hybridized carbons (Fsp3) is 0.429. The highest BCUT2D eigenvalue weighted by Gasteiger charge is 1.93. The van der Waals surface area contributed by atoms with E-state index in [0.717, 1.165) is 25.7 Å². The van der Waals surface area contributed by atoms with Crippen molar-refractivity contribution in [1.29, 1.82) is 0 Å². The van der Waals surface area contributed by atoms with Crippen molar-refractivity contribution in [3.8, 4) is 0 Å². The molecule has 0 aromatic heterocycles. The first-order valence-electron chi connectivity index (χ1n) is 5.59. The number of allylic oxidation sites excluding steroid dienone is 2. The van der Waals surface area contributed by atoms with Crippen LogP contribution in [0.25, 0.3) is 0 Å². The summed E-state index contributed by atoms with van der Waals surface area (Å²) in [6, 6.07) is 0. The minimum atomic E-state index is 0.644. The van der Waals surface area contributed by atoms with Crippen molar-refractivity contribution >= 4 is 0 Å². The molecular weight excluding hydrogens is 200 g/mol. The van der Waals surface area contributed by atoms with Crippen LogP contribution in [-0.2, 0) is 9.47 Å². The zero-order chi connectivity index (χ0) is 12.2. The maximum absolute atomic E-state index is 5.28. The van der Waals surface area contributed by atoms with Gasteiger partial charge < -0.3 is 9.47 Å². The molecule has 0 aromatic rings. The van der Waals surface area contributed by atoms with Crippen LogP contribution in [0.5, 0.6) is 0 Å². The van der Waals surface area contributed by atoms with Crippen molar-refractivity contribution in [2.75, 3.05) is 13.2 Å². The van der Waals surface area contributed by atoms with Crippen LogP contribution < -0.4 is 0 Å². The summed E-state index contributed by atoms with van der Waals surface area (Å²) in [6.07, 6.45) is 7.58. The molecule has 0 N–H and O–H groups in total. The molecule has 0 atom stereocenters. The number of hydrogen-bond acceptors (Lipinski definition) is 2. The van der Waals surface area contributed by atoms with E-state index in [1.807, 2.05) is 0 Å². The first kappa shape index (κ1) is 14.6. The summed E-state index contributed by atoms with van der Waals surface area (Å²) in [5.74, 6) is 1.29. The standard InChI is InChI=1S/C14H22O2/c1-5-13(3)15-11-9-7-8-10-12-16-14(4)6-2/h5-6H,1-4,7-12H2. The zero-order valence-electron chi connectivity index (χ0n) is 10.0. The van der Waals surface area contributed by atoms with Gasteiger partial charge in [-0.1, -0.05) is 26.3 Å². The van der Waals surface area contributed by atoms with Gasteiger partial charge in [0.15, 0.2) is 0 Å². The van der Waals surface area contributed by atoms with E-state index in [9.17, 15) is 0 Å². The predicted octanol–water partition coefficient (Wildman–Crippen LogP) is 3.98. The maximum atomic E-state index is 5.28. The Bertz CT molecular complexity index is 215. The van der Waals surface area contributed by atoms with Crippen molar-refractivity contribution < 1.29 is 9.47 Å². The summed E-state index contributed by atoms with van der Waals surface area (Å²) in [5, 5.41) is 0. The summed E-state index contributed by atoms with van der Waals surface area (Å²) in [5.41, 5.74) is 0. The molecule has 2 nitrogen and oxygen atoms in total. The fourth-order valence-corrected chi connectivity index (χ4v) is 1.08. The largest absolute Gasteiger partial charge is 0.494 e. The molecule has 0 saturated heterocycles. The van der Waals surface area contributed by atoms with Gasteiger partial charge in [0.2, 0.25) is 0 Å². The topological polar surface area (TPSA) is 18.5 Å². The van der Waals surface area contributed by atoms with E-state index in [-0.39, 0.29) is 0 Å². The van der Waals surface area contributed by atoms with Crippen molar-refractivity contribution in [1.82, 2.24) is 0 Å². The molecular formula is C14H22O2. The lowest BCUT2D eigenvalue weighted by atomic mass is 10.2. The van der Waals surface area contributed by atoms with Crippen LogP contribution in [0.4, 0.5) is 0 Å². The van der Waals surface area contributed by atoms with E-state index in [1.54, 1.807) is 12.2 Å². The van der Waals surface area contributed by atoms with Gasteiger partial charge in [-0.2, -0.15) is 0 Å². The molecule has 0 heterocycles. The molecule has 90 valence electrons. The number of hydrogen-bond donors (Lipinski definition) is 0. The van der Waals surface area contributed by atoms with Gasteiger partial charge >= 0.3 is 0 Å². The van der Waals surface area contributed by atoms with Gasteiger partial charge in [0.1, 0.15) is 11.5 Å². The molecule has 0 bridgehead atoms. The molecule has 0 rings (SSSR count). The Balaban J connectivity index is 3.15. The summed E-state index contributed by atoms with van der Waals surface area (Å²) in [6.45, 7) is 15.9. The molecule has 0 aliphatic rings. The molecule has 0 radical (unpaired) electrons. The van der Waals surface area contributed by atoms with E-state index in [0.29, 0.717) is 24.7 Å². The van der Waals surface area contributed by atoms with Crippen molar-refractivity contribution in [3.63, 3.8) is 0 Å². The normalized spacial score (nSPS) is 9.25. The third-order valence-corrected chi connectivity index (χ3v) is 2.07. The van der Waals surface area contributed by atoms with E-state index in [1.165, 1.54) is 0 Å². The molecule has 0 aliphatic heterocycles. The molecule has 0 unspecified atom stereocenters. The van der Waals surface area contributed by atoms with E-state index in [2.05, 4.69) is 26.3 Å². The van der Waals surface area contributed by atoms with Crippen LogP contribution >= 0.6 is 0 Å². The lowest BCUT2D eigenvalue weighted by molar-refractivity contribution is 0.205. The van der Waals surface area contributed by atoms with Gasteiger partial charge in [-0.05, 0) is 37.8 Å². The van der Waals surface area contributed by atoms with Crippen molar-refractivity contribution in [3.05, 3.63) is 50.0 Å². The van der Waals surface area contributed by atoms with Crippen molar-refractivity contribution in [2.45, 2.75) is 25.7 Å². The lowest BCUT2D eigenvalue weighted by Gasteiger charge is -2.06. The molecule has 16 heavy (non-hydrogen) atoms. The van der Waals surface area contributed by atoms with Crippen LogP contribution in [0, 0.1) is 0 Å². The maximum Gasteiger partial charge on any atom is 0.111 e. The highest BCUT2D eigenvalue weighted by molar-refractivity contribution is 5.02. The average molecular weight is 222 g/mol. The van der Waals surface area contributed by atoms with E-state index >= 15 is 0 Å². The Morgan fingerprint density at radius 1 is 0.750 bits per heavy atom. The fourth-order valence-electron chi connectivity index (χ4n) is 1.08. The van der Waals surface area contributed by atoms with Crippen LogP contribution in [0.2, 0.25) is 0 Å². The third-order valence-electron chi connectivity index (χ3n) is 2.07. The van der Waals surface area contributed by atoms with Crippen LogP contribution in [0.1, 0.15) is 25.7 Å². The second kappa shape index (κ2) is 10.1. The SMILES string of the molecule is C=CC(=C)OCCCCCCOC(=C)C=C. The number of ether oxygens (including phenoxy) is 2. The van der Waals surface area contributed by atoms with Gasteiger partial charge in [-0.3, -0.25) is 0 Å². The summed E-state index contributed by atoms with van der Waals surface area (Å²) >= 11 is 0. The molecule has 0 saturated carbocycles. The first-order chi connectivity index (χ1) is 7.70. The monoisotopic (exact) mass is 222 g/mol. The smallest absolute Gasteiger partial charge is 0.111 e. The quantitative estimate of drug-likeness (QED) is 0.299. The highest BCUT2D eigenvalue weighted by Crippen LogP contribution is 2.04.